The summed E-state index contributed by atoms with van der Waals surface area (Å²) in [7, 11) is -0.0159. The first-order valence-electron chi connectivity index (χ1n) is 8.39. The number of benzene rings is 2. The minimum Gasteiger partial charge on any atom is -0.0885 e. The molecule has 0 N–H and O–H groups in total. The molecule has 1 aliphatic carbocycles. The Kier molecular flexibility index (Phi) is 3.66. The van der Waals surface area contributed by atoms with E-state index in [1.54, 1.807) is 11.1 Å². The average Bonchev–Trinajstić information content (AvgIpc) is 2.79. The molecule has 1 aliphatic heterocycles. The van der Waals surface area contributed by atoms with Crippen LogP contribution in [-0.2, 0) is 0 Å². The highest BCUT2D eigenvalue weighted by Crippen LogP contribution is 2.67. The predicted molar refractivity (Wildman–Crippen MR) is 98.7 cm³/mol. The molecule has 1 saturated heterocycles. The average molecular weight is 306 g/mol. The second-order valence-corrected chi connectivity index (χ2v) is 9.89. The molecule has 0 aromatic heterocycles. The third kappa shape index (κ3) is 2.25. The smallest absolute Gasteiger partial charge is 0.0308 e. The van der Waals surface area contributed by atoms with Crippen LogP contribution in [0.25, 0.3) is 12.2 Å². The lowest BCUT2D eigenvalue weighted by molar-refractivity contribution is 0.777. The van der Waals surface area contributed by atoms with Crippen LogP contribution in [0, 0.1) is 0 Å². The van der Waals surface area contributed by atoms with Crippen molar-refractivity contribution in [2.45, 2.75) is 43.7 Å². The molecule has 2 aromatic rings. The summed E-state index contributed by atoms with van der Waals surface area (Å²) in [6.45, 7) is 4.97. The first-order chi connectivity index (χ1) is 10.8. The molecule has 0 nitrogen and oxygen atoms in total. The van der Waals surface area contributed by atoms with Crippen LogP contribution in [-0.4, -0.2) is 11.3 Å². The standard InChI is InChI=1S/C21H23P/c1-15-11-12-16(2)22(15)21-19-9-5-3-7-17(19)13-14-18-8-4-6-10-20(18)21/h3-10,13-16,21H,11-12H2,1-2H3/t15-,16+,22?. The van der Waals surface area contributed by atoms with Crippen LogP contribution in [0.4, 0.5) is 0 Å². The topological polar surface area (TPSA) is 0 Å². The lowest BCUT2D eigenvalue weighted by Gasteiger charge is -2.33. The van der Waals surface area contributed by atoms with Crippen LogP contribution in [0.15, 0.2) is 48.5 Å². The molecule has 0 saturated carbocycles. The molecule has 0 radical (unpaired) electrons. The van der Waals surface area contributed by atoms with E-state index in [1.165, 1.54) is 24.0 Å². The van der Waals surface area contributed by atoms with Gasteiger partial charge in [-0.15, -0.1) is 0 Å². The molecule has 1 heteroatoms. The highest BCUT2D eigenvalue weighted by atomic mass is 31.1. The first-order valence-corrected chi connectivity index (χ1v) is 9.94. The van der Waals surface area contributed by atoms with Crippen LogP contribution in [0.5, 0.6) is 0 Å². The van der Waals surface area contributed by atoms with Gasteiger partial charge in [0.1, 0.15) is 0 Å². The zero-order valence-electron chi connectivity index (χ0n) is 13.4. The summed E-state index contributed by atoms with van der Waals surface area (Å²) in [4.78, 5) is 0. The van der Waals surface area contributed by atoms with Gasteiger partial charge in [0.25, 0.3) is 0 Å². The fourth-order valence-corrected chi connectivity index (χ4v) is 8.11. The number of rotatable bonds is 1. The molecule has 1 fully saturated rings. The quantitative estimate of drug-likeness (QED) is 0.541. The van der Waals surface area contributed by atoms with E-state index in [-0.39, 0.29) is 7.92 Å². The summed E-state index contributed by atoms with van der Waals surface area (Å²) in [6.07, 6.45) is 7.44. The molecule has 1 heterocycles. The van der Waals surface area contributed by atoms with Gasteiger partial charge in [0.05, 0.1) is 0 Å². The van der Waals surface area contributed by atoms with Crippen molar-refractivity contribution in [1.82, 2.24) is 0 Å². The van der Waals surface area contributed by atoms with Crippen molar-refractivity contribution in [2.75, 3.05) is 0 Å². The Balaban J connectivity index is 1.94. The van der Waals surface area contributed by atoms with Crippen LogP contribution >= 0.6 is 7.92 Å². The fraction of sp³-hybridized carbons (Fsp3) is 0.333. The molecule has 2 aromatic carbocycles. The van der Waals surface area contributed by atoms with E-state index in [0.29, 0.717) is 5.66 Å². The first kappa shape index (κ1) is 14.2. The predicted octanol–water partition coefficient (Wildman–Crippen LogP) is 6.31. The molecule has 0 spiro atoms. The maximum atomic E-state index is 2.48. The Hall–Kier alpha value is -1.39. The van der Waals surface area contributed by atoms with Crippen LogP contribution in [0.2, 0.25) is 0 Å². The SMILES string of the molecule is C[C@@H]1CC[C@H](C)P1C1c2ccccc2C=Cc2ccccc21. The van der Waals surface area contributed by atoms with Crippen LogP contribution in [0.3, 0.4) is 0 Å². The monoisotopic (exact) mass is 306 g/mol. The zero-order valence-corrected chi connectivity index (χ0v) is 14.3. The normalized spacial score (nSPS) is 27.3. The second kappa shape index (κ2) is 5.67. The minimum absolute atomic E-state index is 0.0159. The van der Waals surface area contributed by atoms with Gasteiger partial charge in [-0.3, -0.25) is 0 Å². The van der Waals surface area contributed by atoms with E-state index < -0.39 is 0 Å². The summed E-state index contributed by atoms with van der Waals surface area (Å²) < 4.78 is 0. The summed E-state index contributed by atoms with van der Waals surface area (Å²) in [5.41, 5.74) is 8.27. The van der Waals surface area contributed by atoms with Gasteiger partial charge < -0.3 is 0 Å². The molecule has 3 atom stereocenters. The van der Waals surface area contributed by atoms with Gasteiger partial charge in [-0.2, -0.15) is 0 Å². The van der Waals surface area contributed by atoms with E-state index in [9.17, 15) is 0 Å². The lowest BCUT2D eigenvalue weighted by Crippen LogP contribution is -2.10. The highest BCUT2D eigenvalue weighted by molar-refractivity contribution is 7.60. The third-order valence-corrected chi connectivity index (χ3v) is 9.05. The summed E-state index contributed by atoms with van der Waals surface area (Å²) in [6, 6.07) is 18.1. The molecular formula is C21H23P. The van der Waals surface area contributed by atoms with Gasteiger partial charge in [0.2, 0.25) is 0 Å². The van der Waals surface area contributed by atoms with Gasteiger partial charge >= 0.3 is 0 Å². The maximum Gasteiger partial charge on any atom is 0.0308 e. The number of fused-ring (bicyclic) bond motifs is 2. The number of hydrogen-bond acceptors (Lipinski definition) is 0. The summed E-state index contributed by atoms with van der Waals surface area (Å²) in [5.74, 6) is 0. The summed E-state index contributed by atoms with van der Waals surface area (Å²) >= 11 is 0. The maximum absolute atomic E-state index is 2.48. The van der Waals surface area contributed by atoms with Crippen molar-refractivity contribution in [2.24, 2.45) is 0 Å². The summed E-state index contributed by atoms with van der Waals surface area (Å²) in [5, 5.41) is 0. The molecule has 2 aliphatic rings. The van der Waals surface area contributed by atoms with Crippen molar-refractivity contribution in [3.05, 3.63) is 70.8 Å². The van der Waals surface area contributed by atoms with E-state index in [2.05, 4.69) is 74.5 Å². The Morgan fingerprint density at radius 3 is 1.68 bits per heavy atom. The molecule has 1 unspecified atom stereocenters. The van der Waals surface area contributed by atoms with E-state index >= 15 is 0 Å². The van der Waals surface area contributed by atoms with E-state index in [4.69, 9.17) is 0 Å². The van der Waals surface area contributed by atoms with Crippen molar-refractivity contribution in [3.8, 4) is 0 Å². The van der Waals surface area contributed by atoms with Crippen LogP contribution in [0.1, 0.15) is 54.6 Å². The fourth-order valence-electron chi connectivity index (χ4n) is 4.22. The van der Waals surface area contributed by atoms with E-state index in [1.807, 2.05) is 0 Å². The van der Waals surface area contributed by atoms with Crippen molar-refractivity contribution in [3.63, 3.8) is 0 Å². The highest BCUT2D eigenvalue weighted by Gasteiger charge is 2.38. The van der Waals surface area contributed by atoms with Gasteiger partial charge in [0, 0.05) is 5.66 Å². The van der Waals surface area contributed by atoms with Crippen molar-refractivity contribution in [1.29, 1.82) is 0 Å². The van der Waals surface area contributed by atoms with Crippen molar-refractivity contribution >= 4 is 20.1 Å². The molecule has 0 bridgehead atoms. The van der Waals surface area contributed by atoms with E-state index in [0.717, 1.165) is 11.3 Å². The zero-order chi connectivity index (χ0) is 15.1. The largest absolute Gasteiger partial charge is 0.0885 e. The second-order valence-electron chi connectivity index (χ2n) is 6.72. The molecule has 112 valence electrons. The Bertz CT molecular complexity index is 656. The molecular weight excluding hydrogens is 283 g/mol. The van der Waals surface area contributed by atoms with Crippen LogP contribution < -0.4 is 0 Å². The van der Waals surface area contributed by atoms with Gasteiger partial charge in [-0.1, -0.05) is 82.5 Å². The number of hydrogen-bond donors (Lipinski definition) is 0. The third-order valence-electron chi connectivity index (χ3n) is 5.34. The Morgan fingerprint density at radius 2 is 1.18 bits per heavy atom. The van der Waals surface area contributed by atoms with Gasteiger partial charge in [-0.05, 0) is 46.4 Å². The van der Waals surface area contributed by atoms with Gasteiger partial charge in [-0.25, -0.2) is 0 Å². The molecule has 4 rings (SSSR count). The lowest BCUT2D eigenvalue weighted by atomic mass is 9.99. The minimum atomic E-state index is -0.0159. The molecule has 0 amide bonds. The van der Waals surface area contributed by atoms with Gasteiger partial charge in [0.15, 0.2) is 0 Å². The van der Waals surface area contributed by atoms with Crippen molar-refractivity contribution < 1.29 is 0 Å². The Labute approximate surface area is 135 Å². The Morgan fingerprint density at radius 1 is 0.727 bits per heavy atom. The molecule has 22 heavy (non-hydrogen) atoms.